The molecule has 0 bridgehead atoms. The SMILES string of the molecule is O=C(NCCN1CCOCC1)C1Cc2ccc(Br)cc2C1. The molecule has 1 aromatic carbocycles. The molecule has 1 unspecified atom stereocenters. The zero-order valence-electron chi connectivity index (χ0n) is 12.1. The fourth-order valence-corrected chi connectivity index (χ4v) is 3.49. The van der Waals surface area contributed by atoms with Crippen molar-refractivity contribution in [3.05, 3.63) is 33.8 Å². The van der Waals surface area contributed by atoms with Gasteiger partial charge in [-0.05, 0) is 36.1 Å². The number of halogens is 1. The number of hydrogen-bond donors (Lipinski definition) is 1. The van der Waals surface area contributed by atoms with Crippen molar-refractivity contribution in [3.8, 4) is 0 Å². The van der Waals surface area contributed by atoms with E-state index in [-0.39, 0.29) is 11.8 Å². The summed E-state index contributed by atoms with van der Waals surface area (Å²) in [5.41, 5.74) is 2.62. The van der Waals surface area contributed by atoms with E-state index in [4.69, 9.17) is 4.74 Å². The van der Waals surface area contributed by atoms with Gasteiger partial charge in [0.15, 0.2) is 0 Å². The van der Waals surface area contributed by atoms with E-state index in [1.54, 1.807) is 0 Å². The second-order valence-electron chi connectivity index (χ2n) is 5.76. The van der Waals surface area contributed by atoms with Crippen LogP contribution < -0.4 is 5.32 Å². The Morgan fingerprint density at radius 2 is 2.05 bits per heavy atom. The normalized spacial score (nSPS) is 22.0. The zero-order valence-corrected chi connectivity index (χ0v) is 13.7. The van der Waals surface area contributed by atoms with E-state index in [0.717, 1.165) is 56.7 Å². The van der Waals surface area contributed by atoms with E-state index < -0.39 is 0 Å². The first-order chi connectivity index (χ1) is 10.2. The number of rotatable bonds is 4. The van der Waals surface area contributed by atoms with Crippen LogP contribution in [0.1, 0.15) is 11.1 Å². The first-order valence-corrected chi connectivity index (χ1v) is 8.37. The van der Waals surface area contributed by atoms with Crippen LogP contribution in [-0.4, -0.2) is 50.2 Å². The number of carbonyl (C=O) groups excluding carboxylic acids is 1. The molecule has 0 aromatic heterocycles. The number of carbonyl (C=O) groups is 1. The van der Waals surface area contributed by atoms with Crippen molar-refractivity contribution in [3.63, 3.8) is 0 Å². The summed E-state index contributed by atoms with van der Waals surface area (Å²) < 4.78 is 6.41. The van der Waals surface area contributed by atoms with Crippen LogP contribution in [0.2, 0.25) is 0 Å². The van der Waals surface area contributed by atoms with E-state index in [0.29, 0.717) is 0 Å². The summed E-state index contributed by atoms with van der Waals surface area (Å²) in [4.78, 5) is 14.6. The minimum atomic E-state index is 0.0963. The summed E-state index contributed by atoms with van der Waals surface area (Å²) in [5, 5.41) is 3.09. The Labute approximate surface area is 134 Å². The van der Waals surface area contributed by atoms with Crippen molar-refractivity contribution in [1.82, 2.24) is 10.2 Å². The molecule has 1 atom stereocenters. The number of nitrogens with zero attached hydrogens (tertiary/aromatic N) is 1. The molecule has 5 heteroatoms. The Hall–Kier alpha value is -0.910. The third-order valence-corrected chi connectivity index (χ3v) is 4.80. The predicted octanol–water partition coefficient (Wildman–Crippen LogP) is 1.61. The highest BCUT2D eigenvalue weighted by molar-refractivity contribution is 9.10. The highest BCUT2D eigenvalue weighted by Gasteiger charge is 2.27. The van der Waals surface area contributed by atoms with Crippen molar-refractivity contribution in [2.45, 2.75) is 12.8 Å². The second kappa shape index (κ2) is 6.90. The molecule has 21 heavy (non-hydrogen) atoms. The van der Waals surface area contributed by atoms with E-state index in [9.17, 15) is 4.79 Å². The number of hydrogen-bond acceptors (Lipinski definition) is 3. The lowest BCUT2D eigenvalue weighted by Crippen LogP contribution is -2.42. The lowest BCUT2D eigenvalue weighted by atomic mass is 10.1. The molecule has 0 spiro atoms. The molecule has 0 radical (unpaired) electrons. The van der Waals surface area contributed by atoms with Gasteiger partial charge in [0.2, 0.25) is 5.91 Å². The van der Waals surface area contributed by atoms with Gasteiger partial charge >= 0.3 is 0 Å². The maximum absolute atomic E-state index is 12.3. The van der Waals surface area contributed by atoms with Crippen LogP contribution >= 0.6 is 15.9 Å². The van der Waals surface area contributed by atoms with Crippen LogP contribution in [0.3, 0.4) is 0 Å². The number of amides is 1. The van der Waals surface area contributed by atoms with Gasteiger partial charge in [0.05, 0.1) is 13.2 Å². The summed E-state index contributed by atoms with van der Waals surface area (Å²) in [7, 11) is 0. The van der Waals surface area contributed by atoms with Gasteiger partial charge in [0.25, 0.3) is 0 Å². The summed E-state index contributed by atoms with van der Waals surface area (Å²) >= 11 is 3.49. The fourth-order valence-electron chi connectivity index (χ4n) is 3.08. The molecular formula is C16H21BrN2O2. The van der Waals surface area contributed by atoms with Gasteiger partial charge in [-0.2, -0.15) is 0 Å². The van der Waals surface area contributed by atoms with E-state index in [1.807, 2.05) is 0 Å². The van der Waals surface area contributed by atoms with Crippen molar-refractivity contribution < 1.29 is 9.53 Å². The summed E-state index contributed by atoms with van der Waals surface area (Å²) in [6, 6.07) is 6.31. The fraction of sp³-hybridized carbons (Fsp3) is 0.562. The summed E-state index contributed by atoms with van der Waals surface area (Å²) in [6.45, 7) is 5.20. The van der Waals surface area contributed by atoms with Crippen molar-refractivity contribution in [1.29, 1.82) is 0 Å². The standard InChI is InChI=1S/C16H21BrN2O2/c17-15-2-1-12-9-14(10-13(12)11-15)16(20)18-3-4-19-5-7-21-8-6-19/h1-2,11,14H,3-10H2,(H,18,20). The van der Waals surface area contributed by atoms with Gasteiger partial charge in [0, 0.05) is 36.6 Å². The lowest BCUT2D eigenvalue weighted by Gasteiger charge is -2.26. The van der Waals surface area contributed by atoms with Gasteiger partial charge in [0.1, 0.15) is 0 Å². The van der Waals surface area contributed by atoms with Gasteiger partial charge < -0.3 is 10.1 Å². The van der Waals surface area contributed by atoms with Gasteiger partial charge in [-0.1, -0.05) is 22.0 Å². The molecule has 3 rings (SSSR count). The number of morpholine rings is 1. The number of ether oxygens (including phenoxy) is 1. The molecule has 1 saturated heterocycles. The number of benzene rings is 1. The third-order valence-electron chi connectivity index (χ3n) is 4.30. The Bertz CT molecular complexity index is 515. The van der Waals surface area contributed by atoms with Crippen molar-refractivity contribution >= 4 is 21.8 Å². The molecule has 2 aliphatic rings. The number of nitrogens with one attached hydrogen (secondary N) is 1. The Balaban J connectivity index is 1.44. The largest absolute Gasteiger partial charge is 0.379 e. The molecule has 4 nitrogen and oxygen atoms in total. The molecule has 114 valence electrons. The molecule has 1 amide bonds. The molecule has 1 N–H and O–H groups in total. The first kappa shape index (κ1) is 15.0. The number of fused-ring (bicyclic) bond motifs is 1. The molecule has 0 saturated carbocycles. The van der Waals surface area contributed by atoms with E-state index in [1.165, 1.54) is 11.1 Å². The Kier molecular flexibility index (Phi) is 4.93. The Morgan fingerprint density at radius 3 is 2.86 bits per heavy atom. The maximum Gasteiger partial charge on any atom is 0.223 e. The van der Waals surface area contributed by atoms with Crippen LogP contribution in [0.5, 0.6) is 0 Å². The van der Waals surface area contributed by atoms with Crippen molar-refractivity contribution in [2.75, 3.05) is 39.4 Å². The monoisotopic (exact) mass is 352 g/mol. The van der Waals surface area contributed by atoms with Crippen molar-refractivity contribution in [2.24, 2.45) is 5.92 Å². The predicted molar refractivity (Wildman–Crippen MR) is 85.3 cm³/mol. The summed E-state index contributed by atoms with van der Waals surface area (Å²) in [5.74, 6) is 0.287. The zero-order chi connectivity index (χ0) is 14.7. The van der Waals surface area contributed by atoms with E-state index >= 15 is 0 Å². The molecule has 1 aliphatic heterocycles. The average Bonchev–Trinajstić information content (AvgIpc) is 2.91. The van der Waals surface area contributed by atoms with Crippen LogP contribution in [0.4, 0.5) is 0 Å². The molecular weight excluding hydrogens is 332 g/mol. The quantitative estimate of drug-likeness (QED) is 0.894. The molecule has 1 aliphatic carbocycles. The van der Waals surface area contributed by atoms with Gasteiger partial charge in [-0.25, -0.2) is 0 Å². The smallest absolute Gasteiger partial charge is 0.223 e. The van der Waals surface area contributed by atoms with Gasteiger partial charge in [-0.3, -0.25) is 9.69 Å². The van der Waals surface area contributed by atoms with Gasteiger partial charge in [-0.15, -0.1) is 0 Å². The maximum atomic E-state index is 12.3. The highest BCUT2D eigenvalue weighted by atomic mass is 79.9. The minimum Gasteiger partial charge on any atom is -0.379 e. The molecule has 1 heterocycles. The van der Waals surface area contributed by atoms with Crippen LogP contribution in [0.25, 0.3) is 0 Å². The van der Waals surface area contributed by atoms with E-state index in [2.05, 4.69) is 44.3 Å². The highest BCUT2D eigenvalue weighted by Crippen LogP contribution is 2.29. The topological polar surface area (TPSA) is 41.6 Å². The molecule has 1 fully saturated rings. The lowest BCUT2D eigenvalue weighted by molar-refractivity contribution is -0.124. The minimum absolute atomic E-state index is 0.0963. The first-order valence-electron chi connectivity index (χ1n) is 7.57. The molecule has 1 aromatic rings. The van der Waals surface area contributed by atoms with Crippen LogP contribution in [0.15, 0.2) is 22.7 Å². The van der Waals surface area contributed by atoms with Crippen LogP contribution in [0, 0.1) is 5.92 Å². The van der Waals surface area contributed by atoms with Crippen LogP contribution in [-0.2, 0) is 22.4 Å². The summed E-state index contributed by atoms with van der Waals surface area (Å²) in [6.07, 6.45) is 1.73. The Morgan fingerprint density at radius 1 is 1.29 bits per heavy atom. The average molecular weight is 353 g/mol. The second-order valence-corrected chi connectivity index (χ2v) is 6.68. The third kappa shape index (κ3) is 3.84.